The molecular formula is C22H24O8. The van der Waals surface area contributed by atoms with Crippen LogP contribution in [0.2, 0.25) is 0 Å². The van der Waals surface area contributed by atoms with Crippen molar-refractivity contribution in [3.8, 4) is 5.75 Å². The van der Waals surface area contributed by atoms with Crippen molar-refractivity contribution in [3.05, 3.63) is 42.5 Å². The first kappa shape index (κ1) is 21.6. The molecule has 0 radical (unpaired) electrons. The van der Waals surface area contributed by atoms with Crippen LogP contribution >= 0.6 is 0 Å². The van der Waals surface area contributed by atoms with Gasteiger partial charge in [0.15, 0.2) is 6.10 Å². The fourth-order valence-corrected chi connectivity index (χ4v) is 3.36. The van der Waals surface area contributed by atoms with Gasteiger partial charge in [0.25, 0.3) is 0 Å². The number of carbonyl (C=O) groups excluding carboxylic acids is 3. The molecule has 2 aromatic carbocycles. The minimum Gasteiger partial charge on any atom is -0.465 e. The predicted molar refractivity (Wildman–Crippen MR) is 106 cm³/mol. The highest BCUT2D eigenvalue weighted by Crippen LogP contribution is 2.29. The molecule has 0 unspecified atom stereocenters. The van der Waals surface area contributed by atoms with Crippen LogP contribution in [0.3, 0.4) is 0 Å². The van der Waals surface area contributed by atoms with Gasteiger partial charge in [0.05, 0.1) is 6.42 Å². The van der Waals surface area contributed by atoms with E-state index >= 15 is 0 Å². The zero-order valence-corrected chi connectivity index (χ0v) is 17.0. The van der Waals surface area contributed by atoms with Crippen molar-refractivity contribution in [3.63, 3.8) is 0 Å². The summed E-state index contributed by atoms with van der Waals surface area (Å²) in [6.45, 7) is 3.59. The molecule has 3 rings (SSSR count). The second-order valence-electron chi connectivity index (χ2n) is 6.99. The van der Waals surface area contributed by atoms with Crippen molar-refractivity contribution in [2.24, 2.45) is 0 Å². The minimum atomic E-state index is -0.929. The highest BCUT2D eigenvalue weighted by molar-refractivity contribution is 5.83. The predicted octanol–water partition coefficient (Wildman–Crippen LogP) is 2.76. The summed E-state index contributed by atoms with van der Waals surface area (Å²) in [5, 5.41) is 2.06. The van der Waals surface area contributed by atoms with Crippen LogP contribution < -0.4 is 4.74 Å². The Morgan fingerprint density at radius 2 is 1.63 bits per heavy atom. The van der Waals surface area contributed by atoms with E-state index in [9.17, 15) is 14.4 Å². The summed E-state index contributed by atoms with van der Waals surface area (Å²) < 4.78 is 27.6. The van der Waals surface area contributed by atoms with Gasteiger partial charge in [-0.25, -0.2) is 0 Å². The zero-order valence-electron chi connectivity index (χ0n) is 17.0. The van der Waals surface area contributed by atoms with E-state index in [-0.39, 0.29) is 13.0 Å². The summed E-state index contributed by atoms with van der Waals surface area (Å²) >= 11 is 0. The average molecular weight is 416 g/mol. The van der Waals surface area contributed by atoms with Crippen molar-refractivity contribution in [1.82, 2.24) is 0 Å². The standard InChI is InChI=1S/C22H24O8/c1-13(23)26-12-20-22(28-15(3)25)19(27-14(2)24)11-21(30-20)29-18-9-8-16-6-4-5-7-17(16)10-18/h4-10,19-22H,11-12H2,1-3H3/t19-,20-,21-,22+/m1/s1. The molecule has 0 N–H and O–H groups in total. The highest BCUT2D eigenvalue weighted by Gasteiger charge is 2.44. The van der Waals surface area contributed by atoms with Gasteiger partial charge < -0.3 is 23.7 Å². The van der Waals surface area contributed by atoms with Crippen LogP contribution in [0.25, 0.3) is 10.8 Å². The molecule has 1 aliphatic rings. The Hall–Kier alpha value is -3.13. The Morgan fingerprint density at radius 3 is 2.30 bits per heavy atom. The first-order valence-corrected chi connectivity index (χ1v) is 9.60. The van der Waals surface area contributed by atoms with E-state index in [2.05, 4.69) is 0 Å². The van der Waals surface area contributed by atoms with E-state index in [1.54, 1.807) is 0 Å². The fourth-order valence-electron chi connectivity index (χ4n) is 3.36. The molecule has 0 amide bonds. The van der Waals surface area contributed by atoms with Crippen LogP contribution in [-0.4, -0.2) is 49.1 Å². The Morgan fingerprint density at radius 1 is 0.933 bits per heavy atom. The molecule has 2 aromatic rings. The maximum Gasteiger partial charge on any atom is 0.303 e. The van der Waals surface area contributed by atoms with Crippen molar-refractivity contribution >= 4 is 28.7 Å². The lowest BCUT2D eigenvalue weighted by Crippen LogP contribution is -2.54. The van der Waals surface area contributed by atoms with Crippen LogP contribution in [-0.2, 0) is 33.3 Å². The first-order valence-electron chi connectivity index (χ1n) is 9.60. The van der Waals surface area contributed by atoms with Crippen molar-refractivity contribution in [2.75, 3.05) is 6.61 Å². The molecule has 0 spiro atoms. The summed E-state index contributed by atoms with van der Waals surface area (Å²) in [4.78, 5) is 34.4. The lowest BCUT2D eigenvalue weighted by atomic mass is 10.0. The van der Waals surface area contributed by atoms with E-state index in [1.807, 2.05) is 42.5 Å². The topological polar surface area (TPSA) is 97.4 Å². The van der Waals surface area contributed by atoms with Gasteiger partial charge in [-0.2, -0.15) is 0 Å². The van der Waals surface area contributed by atoms with E-state index in [4.69, 9.17) is 23.7 Å². The van der Waals surface area contributed by atoms with Gasteiger partial charge in [-0.1, -0.05) is 30.3 Å². The third-order valence-corrected chi connectivity index (χ3v) is 4.54. The molecule has 0 bridgehead atoms. The number of benzene rings is 2. The quantitative estimate of drug-likeness (QED) is 0.524. The van der Waals surface area contributed by atoms with Crippen LogP contribution in [0.4, 0.5) is 0 Å². The summed E-state index contributed by atoms with van der Waals surface area (Å²) in [6, 6.07) is 13.4. The van der Waals surface area contributed by atoms with Crippen molar-refractivity contribution in [2.45, 2.75) is 51.8 Å². The summed E-state index contributed by atoms with van der Waals surface area (Å²) in [5.41, 5.74) is 0. The van der Waals surface area contributed by atoms with Crippen LogP contribution in [0.5, 0.6) is 5.75 Å². The van der Waals surface area contributed by atoms with Gasteiger partial charge in [0.2, 0.25) is 6.29 Å². The Labute approximate surface area is 174 Å². The lowest BCUT2D eigenvalue weighted by Gasteiger charge is -2.39. The van der Waals surface area contributed by atoms with Gasteiger partial charge in [0.1, 0.15) is 24.6 Å². The smallest absolute Gasteiger partial charge is 0.303 e. The molecule has 1 fully saturated rings. The van der Waals surface area contributed by atoms with Crippen molar-refractivity contribution < 1.29 is 38.1 Å². The second-order valence-corrected chi connectivity index (χ2v) is 6.99. The van der Waals surface area contributed by atoms with Crippen molar-refractivity contribution in [1.29, 1.82) is 0 Å². The van der Waals surface area contributed by atoms with Gasteiger partial charge in [0, 0.05) is 20.8 Å². The molecule has 4 atom stereocenters. The molecule has 8 heteroatoms. The molecule has 8 nitrogen and oxygen atoms in total. The number of fused-ring (bicyclic) bond motifs is 1. The number of rotatable bonds is 6. The van der Waals surface area contributed by atoms with E-state index in [0.717, 1.165) is 10.8 Å². The molecule has 0 saturated carbocycles. The lowest BCUT2D eigenvalue weighted by molar-refractivity contribution is -0.245. The number of hydrogen-bond acceptors (Lipinski definition) is 8. The molecule has 1 heterocycles. The average Bonchev–Trinajstić information content (AvgIpc) is 2.67. The van der Waals surface area contributed by atoms with E-state index in [0.29, 0.717) is 5.75 Å². The summed E-state index contributed by atoms with van der Waals surface area (Å²) in [7, 11) is 0. The number of esters is 3. The third-order valence-electron chi connectivity index (χ3n) is 4.54. The van der Waals surface area contributed by atoms with Gasteiger partial charge in [-0.05, 0) is 22.9 Å². The fraction of sp³-hybridized carbons (Fsp3) is 0.409. The van der Waals surface area contributed by atoms with Crippen LogP contribution in [0.1, 0.15) is 27.2 Å². The monoisotopic (exact) mass is 416 g/mol. The Balaban J connectivity index is 1.81. The Bertz CT molecular complexity index is 924. The molecule has 0 aliphatic carbocycles. The number of carbonyl (C=O) groups is 3. The number of ether oxygens (including phenoxy) is 5. The van der Waals surface area contributed by atoms with E-state index in [1.165, 1.54) is 20.8 Å². The zero-order chi connectivity index (χ0) is 21.7. The first-order chi connectivity index (χ1) is 14.3. The molecular weight excluding hydrogens is 392 g/mol. The largest absolute Gasteiger partial charge is 0.465 e. The molecule has 1 saturated heterocycles. The van der Waals surface area contributed by atoms with Gasteiger partial charge >= 0.3 is 17.9 Å². The maximum atomic E-state index is 11.6. The maximum absolute atomic E-state index is 11.6. The van der Waals surface area contributed by atoms with Gasteiger partial charge in [-0.15, -0.1) is 0 Å². The van der Waals surface area contributed by atoms with Crippen LogP contribution in [0, 0.1) is 0 Å². The molecule has 30 heavy (non-hydrogen) atoms. The third kappa shape index (κ3) is 5.70. The Kier molecular flexibility index (Phi) is 6.89. The normalized spacial score (nSPS) is 23.4. The second kappa shape index (κ2) is 9.58. The summed E-state index contributed by atoms with van der Waals surface area (Å²) in [5.74, 6) is -1.04. The SMILES string of the molecule is CC(=O)OC[C@H]1O[C@@H](Oc2ccc3ccccc3c2)C[C@@H](OC(C)=O)[C@@H]1OC(C)=O. The highest BCUT2D eigenvalue weighted by atomic mass is 16.7. The van der Waals surface area contributed by atoms with Gasteiger partial charge in [-0.3, -0.25) is 14.4 Å². The molecule has 0 aromatic heterocycles. The van der Waals surface area contributed by atoms with E-state index < -0.39 is 42.5 Å². The minimum absolute atomic E-state index is 0.140. The molecule has 1 aliphatic heterocycles. The molecule has 160 valence electrons. The summed E-state index contributed by atoms with van der Waals surface area (Å²) in [6.07, 6.45) is -3.27. The van der Waals surface area contributed by atoms with Crippen LogP contribution in [0.15, 0.2) is 42.5 Å². The number of hydrogen-bond donors (Lipinski definition) is 0.